The van der Waals surface area contributed by atoms with Crippen molar-refractivity contribution in [3.8, 4) is 0 Å². The van der Waals surface area contributed by atoms with E-state index in [2.05, 4.69) is 0 Å². The van der Waals surface area contributed by atoms with Crippen LogP contribution in [0.15, 0.2) is 11.8 Å². The molecule has 0 aromatic rings. The predicted molar refractivity (Wildman–Crippen MR) is 63.9 cm³/mol. The van der Waals surface area contributed by atoms with Gasteiger partial charge >= 0.3 is 11.9 Å². The molecule has 0 bridgehead atoms. The molecule has 0 aliphatic heterocycles. The van der Waals surface area contributed by atoms with Gasteiger partial charge in [-0.1, -0.05) is 27.7 Å². The zero-order valence-corrected chi connectivity index (χ0v) is 10.9. The van der Waals surface area contributed by atoms with Crippen LogP contribution in [0.25, 0.3) is 0 Å². The fourth-order valence-corrected chi connectivity index (χ4v) is 0.802. The third kappa shape index (κ3) is 8.30. The third-order valence-electron chi connectivity index (χ3n) is 1.62. The van der Waals surface area contributed by atoms with Gasteiger partial charge < -0.3 is 15.2 Å². The smallest absolute Gasteiger partial charge is 0.354 e. The Hall–Kier alpha value is -1.52. The van der Waals surface area contributed by atoms with Crippen LogP contribution in [-0.4, -0.2) is 25.2 Å². The topological polar surface area (TPSA) is 78.6 Å². The third-order valence-corrected chi connectivity index (χ3v) is 1.62. The van der Waals surface area contributed by atoms with E-state index in [-0.39, 0.29) is 24.1 Å². The fraction of sp³-hybridized carbons (Fsp3) is 0.667. The lowest BCUT2D eigenvalue weighted by atomic mass is 10.2. The Balaban J connectivity index is 4.14. The largest absolute Gasteiger partial charge is 0.462 e. The Morgan fingerprint density at radius 2 is 1.53 bits per heavy atom. The molecule has 0 fully saturated rings. The van der Waals surface area contributed by atoms with Gasteiger partial charge in [-0.25, -0.2) is 9.59 Å². The van der Waals surface area contributed by atoms with Crippen LogP contribution >= 0.6 is 0 Å². The molecule has 0 aromatic heterocycles. The lowest BCUT2D eigenvalue weighted by Gasteiger charge is -2.07. The summed E-state index contributed by atoms with van der Waals surface area (Å²) in [5, 5.41) is 0. The van der Waals surface area contributed by atoms with Crippen LogP contribution in [-0.2, 0) is 19.1 Å². The Labute approximate surface area is 102 Å². The van der Waals surface area contributed by atoms with Gasteiger partial charge in [-0.2, -0.15) is 0 Å². The van der Waals surface area contributed by atoms with Gasteiger partial charge in [0.2, 0.25) is 0 Å². The van der Waals surface area contributed by atoms with E-state index in [1.54, 1.807) is 0 Å². The fourth-order valence-electron chi connectivity index (χ4n) is 0.802. The Morgan fingerprint density at radius 3 is 2.00 bits per heavy atom. The van der Waals surface area contributed by atoms with Crippen molar-refractivity contribution in [3.05, 3.63) is 11.8 Å². The summed E-state index contributed by atoms with van der Waals surface area (Å²) >= 11 is 0. The van der Waals surface area contributed by atoms with Gasteiger partial charge in [0, 0.05) is 0 Å². The van der Waals surface area contributed by atoms with E-state index in [4.69, 9.17) is 15.2 Å². The van der Waals surface area contributed by atoms with Crippen molar-refractivity contribution in [1.29, 1.82) is 0 Å². The quantitative estimate of drug-likeness (QED) is 0.560. The summed E-state index contributed by atoms with van der Waals surface area (Å²) in [6, 6.07) is 0. The SMILES string of the molecule is CC(C)COC(=O)/C=C(/N)C(=O)OCC(C)C. The second kappa shape index (κ2) is 7.70. The molecular formula is C12H21NO4. The average molecular weight is 243 g/mol. The lowest BCUT2D eigenvalue weighted by Crippen LogP contribution is -2.19. The number of nitrogens with two attached hydrogens (primary N) is 1. The van der Waals surface area contributed by atoms with Gasteiger partial charge in [-0.15, -0.1) is 0 Å². The molecule has 0 aliphatic carbocycles. The van der Waals surface area contributed by atoms with Crippen LogP contribution in [0.2, 0.25) is 0 Å². The minimum absolute atomic E-state index is 0.222. The molecule has 98 valence electrons. The number of hydrogen-bond acceptors (Lipinski definition) is 5. The van der Waals surface area contributed by atoms with Gasteiger partial charge in [0.05, 0.1) is 19.3 Å². The minimum atomic E-state index is -0.694. The van der Waals surface area contributed by atoms with Gasteiger partial charge in [0.15, 0.2) is 0 Å². The number of ether oxygens (including phenoxy) is 2. The number of carbonyl (C=O) groups is 2. The minimum Gasteiger partial charge on any atom is -0.462 e. The molecule has 0 atom stereocenters. The summed E-state index contributed by atoms with van der Waals surface area (Å²) in [5.41, 5.74) is 5.16. The first-order chi connectivity index (χ1) is 7.82. The van der Waals surface area contributed by atoms with E-state index in [1.807, 2.05) is 27.7 Å². The zero-order valence-electron chi connectivity index (χ0n) is 10.9. The molecule has 0 aliphatic rings. The van der Waals surface area contributed by atoms with Gasteiger partial charge in [0.1, 0.15) is 5.70 Å². The monoisotopic (exact) mass is 243 g/mol. The van der Waals surface area contributed by atoms with Crippen molar-refractivity contribution >= 4 is 11.9 Å². The van der Waals surface area contributed by atoms with Crippen molar-refractivity contribution in [2.24, 2.45) is 17.6 Å². The lowest BCUT2D eigenvalue weighted by molar-refractivity contribution is -0.142. The molecule has 0 heterocycles. The van der Waals surface area contributed by atoms with Crippen molar-refractivity contribution in [1.82, 2.24) is 0 Å². The van der Waals surface area contributed by atoms with Crippen LogP contribution in [0, 0.1) is 11.8 Å². The summed E-state index contributed by atoms with van der Waals surface area (Å²) < 4.78 is 9.70. The normalized spacial score (nSPS) is 11.8. The molecule has 0 rings (SSSR count). The van der Waals surface area contributed by atoms with Crippen LogP contribution in [0.1, 0.15) is 27.7 Å². The first-order valence-corrected chi connectivity index (χ1v) is 5.64. The Morgan fingerprint density at radius 1 is 1.06 bits per heavy atom. The Kier molecular flexibility index (Phi) is 7.02. The van der Waals surface area contributed by atoms with Crippen LogP contribution < -0.4 is 5.73 Å². The summed E-state index contributed by atoms with van der Waals surface area (Å²) in [4.78, 5) is 22.5. The summed E-state index contributed by atoms with van der Waals surface area (Å²) in [6.07, 6.45) is 0.949. The first-order valence-electron chi connectivity index (χ1n) is 5.64. The van der Waals surface area contributed by atoms with E-state index in [0.717, 1.165) is 6.08 Å². The molecule has 0 saturated carbocycles. The molecule has 5 nitrogen and oxygen atoms in total. The number of rotatable bonds is 6. The molecule has 5 heteroatoms. The van der Waals surface area contributed by atoms with E-state index in [1.165, 1.54) is 0 Å². The second-order valence-corrected chi connectivity index (χ2v) is 4.62. The van der Waals surface area contributed by atoms with E-state index < -0.39 is 11.9 Å². The van der Waals surface area contributed by atoms with Crippen LogP contribution in [0.3, 0.4) is 0 Å². The standard InChI is InChI=1S/C12H21NO4/c1-8(2)6-16-11(14)5-10(13)12(15)17-7-9(3)4/h5,8-9H,6-7,13H2,1-4H3/b10-5+. The molecule has 0 radical (unpaired) electrons. The molecule has 0 unspecified atom stereocenters. The van der Waals surface area contributed by atoms with Gasteiger partial charge in [-0.3, -0.25) is 0 Å². The Bertz CT molecular complexity index is 295. The highest BCUT2D eigenvalue weighted by molar-refractivity contribution is 5.95. The maximum Gasteiger partial charge on any atom is 0.354 e. The number of carbonyl (C=O) groups excluding carboxylic acids is 2. The van der Waals surface area contributed by atoms with Gasteiger partial charge in [0.25, 0.3) is 0 Å². The number of hydrogen-bond donors (Lipinski definition) is 1. The molecule has 0 saturated heterocycles. The van der Waals surface area contributed by atoms with Crippen LogP contribution in [0.4, 0.5) is 0 Å². The molecule has 0 amide bonds. The molecule has 0 spiro atoms. The predicted octanol–water partition coefficient (Wildman–Crippen LogP) is 1.23. The highest BCUT2D eigenvalue weighted by Gasteiger charge is 2.11. The van der Waals surface area contributed by atoms with Crippen molar-refractivity contribution in [2.75, 3.05) is 13.2 Å². The van der Waals surface area contributed by atoms with E-state index in [0.29, 0.717) is 6.61 Å². The first kappa shape index (κ1) is 15.5. The maximum absolute atomic E-state index is 11.3. The summed E-state index contributed by atoms with van der Waals surface area (Å²) in [5.74, 6) is -0.862. The second-order valence-electron chi connectivity index (χ2n) is 4.62. The zero-order chi connectivity index (χ0) is 13.4. The molecule has 2 N–H and O–H groups in total. The van der Waals surface area contributed by atoms with Crippen LogP contribution in [0.5, 0.6) is 0 Å². The summed E-state index contributed by atoms with van der Waals surface area (Å²) in [7, 11) is 0. The number of esters is 2. The van der Waals surface area contributed by atoms with E-state index >= 15 is 0 Å². The molecule has 17 heavy (non-hydrogen) atoms. The van der Waals surface area contributed by atoms with Crippen molar-refractivity contribution in [3.63, 3.8) is 0 Å². The molecular weight excluding hydrogens is 222 g/mol. The average Bonchev–Trinajstić information content (AvgIpc) is 2.22. The maximum atomic E-state index is 11.3. The van der Waals surface area contributed by atoms with Crippen molar-refractivity contribution < 1.29 is 19.1 Å². The van der Waals surface area contributed by atoms with Crippen molar-refractivity contribution in [2.45, 2.75) is 27.7 Å². The van der Waals surface area contributed by atoms with Gasteiger partial charge in [-0.05, 0) is 11.8 Å². The molecule has 0 aromatic carbocycles. The summed E-state index contributed by atoms with van der Waals surface area (Å²) in [6.45, 7) is 8.21. The van der Waals surface area contributed by atoms with E-state index in [9.17, 15) is 9.59 Å². The highest BCUT2D eigenvalue weighted by atomic mass is 16.5. The highest BCUT2D eigenvalue weighted by Crippen LogP contribution is 1.98.